The van der Waals surface area contributed by atoms with Gasteiger partial charge < -0.3 is 14.6 Å². The number of rotatable bonds is 4. The number of carbonyl (C=O) groups is 1. The summed E-state index contributed by atoms with van der Waals surface area (Å²) in [5.74, 6) is -0.390. The maximum atomic E-state index is 11.0. The highest BCUT2D eigenvalue weighted by molar-refractivity contribution is 6.30. The largest absolute Gasteiger partial charge is 0.477 e. The van der Waals surface area contributed by atoms with Crippen LogP contribution in [-0.4, -0.2) is 40.2 Å². The lowest BCUT2D eigenvalue weighted by Gasteiger charge is -2.14. The predicted octanol–water partition coefficient (Wildman–Crippen LogP) is 2.18. The smallest absolute Gasteiger partial charge is 0.352 e. The highest BCUT2D eigenvalue weighted by Crippen LogP contribution is 2.21. The summed E-state index contributed by atoms with van der Waals surface area (Å²) in [4.78, 5) is 13.4. The van der Waals surface area contributed by atoms with Crippen LogP contribution in [0.5, 0.6) is 0 Å². The van der Waals surface area contributed by atoms with E-state index in [9.17, 15) is 4.79 Å². The van der Waals surface area contributed by atoms with E-state index < -0.39 is 5.97 Å². The molecule has 2 rings (SSSR count). The third kappa shape index (κ3) is 2.82. The molecule has 1 atom stereocenters. The zero-order valence-electron chi connectivity index (χ0n) is 9.90. The molecule has 0 bridgehead atoms. The summed E-state index contributed by atoms with van der Waals surface area (Å²) >= 11 is 5.86. The summed E-state index contributed by atoms with van der Waals surface area (Å²) < 4.78 is 1.76. The Morgan fingerprint density at radius 1 is 1.65 bits per heavy atom. The second-order valence-electron chi connectivity index (χ2n) is 4.55. The number of hydrogen-bond acceptors (Lipinski definition) is 2. The molecule has 1 aliphatic heterocycles. The SMILES string of the molecule is CCN1CCC(Cn2cc(Cl)cc2C(=O)O)C1. The fraction of sp³-hybridized carbons (Fsp3) is 0.583. The minimum absolute atomic E-state index is 0.282. The Labute approximate surface area is 106 Å². The fourth-order valence-corrected chi connectivity index (χ4v) is 2.65. The molecule has 4 nitrogen and oxygen atoms in total. The molecule has 94 valence electrons. The van der Waals surface area contributed by atoms with Crippen LogP contribution in [0.15, 0.2) is 12.3 Å². The monoisotopic (exact) mass is 256 g/mol. The standard InChI is InChI=1S/C12H17ClN2O2/c1-2-14-4-3-9(6-14)7-15-8-10(13)5-11(15)12(16)17/h5,8-9H,2-4,6-7H2,1H3,(H,16,17). The molecular formula is C12H17ClN2O2. The summed E-state index contributed by atoms with van der Waals surface area (Å²) in [6, 6.07) is 1.51. The van der Waals surface area contributed by atoms with Crippen LogP contribution in [0.2, 0.25) is 5.02 Å². The van der Waals surface area contributed by atoms with Crippen LogP contribution >= 0.6 is 11.6 Å². The average molecular weight is 257 g/mol. The lowest BCUT2D eigenvalue weighted by molar-refractivity contribution is 0.0684. The fourth-order valence-electron chi connectivity index (χ4n) is 2.43. The van der Waals surface area contributed by atoms with Crippen molar-refractivity contribution in [3.63, 3.8) is 0 Å². The number of aromatic nitrogens is 1. The van der Waals surface area contributed by atoms with Crippen molar-refractivity contribution in [3.05, 3.63) is 23.0 Å². The summed E-state index contributed by atoms with van der Waals surface area (Å²) in [5, 5.41) is 9.55. The van der Waals surface area contributed by atoms with Crippen molar-refractivity contribution < 1.29 is 9.90 Å². The van der Waals surface area contributed by atoms with E-state index in [0.717, 1.165) is 32.6 Å². The van der Waals surface area contributed by atoms with Crippen LogP contribution in [0.1, 0.15) is 23.8 Å². The van der Waals surface area contributed by atoms with Gasteiger partial charge in [0.25, 0.3) is 0 Å². The predicted molar refractivity (Wildman–Crippen MR) is 66.6 cm³/mol. The van der Waals surface area contributed by atoms with Crippen molar-refractivity contribution in [1.29, 1.82) is 0 Å². The molecular weight excluding hydrogens is 240 g/mol. The van der Waals surface area contributed by atoms with Gasteiger partial charge in [-0.1, -0.05) is 18.5 Å². The molecule has 0 saturated carbocycles. The molecule has 0 spiro atoms. The zero-order valence-corrected chi connectivity index (χ0v) is 10.7. The normalized spacial score (nSPS) is 20.9. The van der Waals surface area contributed by atoms with Crippen molar-refractivity contribution in [2.24, 2.45) is 5.92 Å². The maximum Gasteiger partial charge on any atom is 0.352 e. The summed E-state index contributed by atoms with van der Waals surface area (Å²) in [6.45, 7) is 6.11. The van der Waals surface area contributed by atoms with Crippen molar-refractivity contribution in [2.45, 2.75) is 19.9 Å². The Hall–Kier alpha value is -1.00. The van der Waals surface area contributed by atoms with Crippen molar-refractivity contribution in [1.82, 2.24) is 9.47 Å². The van der Waals surface area contributed by atoms with Gasteiger partial charge in [0.15, 0.2) is 0 Å². The lowest BCUT2D eigenvalue weighted by atomic mass is 10.1. The summed E-state index contributed by atoms with van der Waals surface area (Å²) in [7, 11) is 0. The molecule has 1 saturated heterocycles. The van der Waals surface area contributed by atoms with Gasteiger partial charge in [-0.05, 0) is 31.5 Å². The van der Waals surface area contributed by atoms with Gasteiger partial charge in [-0.3, -0.25) is 0 Å². The highest BCUT2D eigenvalue weighted by atomic mass is 35.5. The zero-order chi connectivity index (χ0) is 12.4. The van der Waals surface area contributed by atoms with Crippen LogP contribution in [0.25, 0.3) is 0 Å². The van der Waals surface area contributed by atoms with E-state index in [1.54, 1.807) is 10.8 Å². The van der Waals surface area contributed by atoms with Crippen LogP contribution in [0.3, 0.4) is 0 Å². The first-order valence-corrected chi connectivity index (χ1v) is 6.29. The van der Waals surface area contributed by atoms with E-state index in [1.165, 1.54) is 6.07 Å². The topological polar surface area (TPSA) is 45.5 Å². The third-order valence-corrected chi connectivity index (χ3v) is 3.56. The molecule has 1 fully saturated rings. The van der Waals surface area contributed by atoms with Crippen molar-refractivity contribution >= 4 is 17.6 Å². The minimum atomic E-state index is -0.915. The Morgan fingerprint density at radius 2 is 2.41 bits per heavy atom. The molecule has 1 aromatic rings. The number of hydrogen-bond donors (Lipinski definition) is 1. The van der Waals surface area contributed by atoms with Crippen LogP contribution in [0, 0.1) is 5.92 Å². The van der Waals surface area contributed by atoms with Crippen molar-refractivity contribution in [2.75, 3.05) is 19.6 Å². The molecule has 17 heavy (non-hydrogen) atoms. The number of carboxylic acids is 1. The second-order valence-corrected chi connectivity index (χ2v) is 4.99. The van der Waals surface area contributed by atoms with Crippen LogP contribution in [-0.2, 0) is 6.54 Å². The van der Waals surface area contributed by atoms with Gasteiger partial charge in [0, 0.05) is 19.3 Å². The Bertz CT molecular complexity index is 417. The Kier molecular flexibility index (Phi) is 3.74. The highest BCUT2D eigenvalue weighted by Gasteiger charge is 2.23. The van der Waals surface area contributed by atoms with E-state index in [0.29, 0.717) is 10.9 Å². The molecule has 0 radical (unpaired) electrons. The molecule has 1 unspecified atom stereocenters. The van der Waals surface area contributed by atoms with Gasteiger partial charge in [-0.2, -0.15) is 0 Å². The molecule has 0 aliphatic carbocycles. The average Bonchev–Trinajstić information content (AvgIpc) is 2.85. The molecule has 1 aliphatic rings. The minimum Gasteiger partial charge on any atom is -0.477 e. The van der Waals surface area contributed by atoms with E-state index in [1.807, 2.05) is 0 Å². The van der Waals surface area contributed by atoms with Crippen molar-refractivity contribution in [3.8, 4) is 0 Å². The molecule has 1 aromatic heterocycles. The number of likely N-dealkylation sites (tertiary alicyclic amines) is 1. The van der Waals surface area contributed by atoms with E-state index in [4.69, 9.17) is 16.7 Å². The lowest BCUT2D eigenvalue weighted by Crippen LogP contribution is -2.22. The first-order valence-electron chi connectivity index (χ1n) is 5.91. The maximum absolute atomic E-state index is 11.0. The molecule has 0 aromatic carbocycles. The Balaban J connectivity index is 2.06. The van der Waals surface area contributed by atoms with Gasteiger partial charge >= 0.3 is 5.97 Å². The summed E-state index contributed by atoms with van der Waals surface area (Å²) in [6.07, 6.45) is 2.84. The number of nitrogens with zero attached hydrogens (tertiary/aromatic N) is 2. The van der Waals surface area contributed by atoms with Crippen LogP contribution < -0.4 is 0 Å². The van der Waals surface area contributed by atoms with Gasteiger partial charge in [0.2, 0.25) is 0 Å². The van der Waals surface area contributed by atoms with E-state index >= 15 is 0 Å². The third-order valence-electron chi connectivity index (χ3n) is 3.35. The van der Waals surface area contributed by atoms with Gasteiger partial charge in [-0.25, -0.2) is 4.79 Å². The Morgan fingerprint density at radius 3 is 3.00 bits per heavy atom. The van der Waals surface area contributed by atoms with Crippen LogP contribution in [0.4, 0.5) is 0 Å². The number of aromatic carboxylic acids is 1. The molecule has 0 amide bonds. The van der Waals surface area contributed by atoms with E-state index in [2.05, 4.69) is 11.8 Å². The molecule has 2 heterocycles. The quantitative estimate of drug-likeness (QED) is 0.898. The summed E-state index contributed by atoms with van der Waals surface area (Å²) in [5.41, 5.74) is 0.282. The second kappa shape index (κ2) is 5.10. The van der Waals surface area contributed by atoms with Gasteiger partial charge in [-0.15, -0.1) is 0 Å². The first kappa shape index (κ1) is 12.5. The number of halogens is 1. The van der Waals surface area contributed by atoms with E-state index in [-0.39, 0.29) is 5.69 Å². The number of carboxylic acid groups (broad SMARTS) is 1. The molecule has 5 heteroatoms. The molecule has 1 N–H and O–H groups in total. The van der Waals surface area contributed by atoms with Gasteiger partial charge in [0.05, 0.1) is 5.02 Å². The van der Waals surface area contributed by atoms with Gasteiger partial charge in [0.1, 0.15) is 5.69 Å². The first-order chi connectivity index (χ1) is 8.10.